The molecule has 1 unspecified atom stereocenters. The highest BCUT2D eigenvalue weighted by Gasteiger charge is 2.24. The van der Waals surface area contributed by atoms with E-state index >= 15 is 0 Å². The highest BCUT2D eigenvalue weighted by Crippen LogP contribution is 2.32. The zero-order valence-corrected chi connectivity index (χ0v) is 9.95. The summed E-state index contributed by atoms with van der Waals surface area (Å²) in [5.74, 6) is -4.63. The molecule has 0 aliphatic heterocycles. The van der Waals surface area contributed by atoms with E-state index in [1.807, 2.05) is 0 Å². The number of benzene rings is 1. The molecule has 17 heavy (non-hydrogen) atoms. The summed E-state index contributed by atoms with van der Waals surface area (Å²) in [4.78, 5) is 10.0. The average Bonchev–Trinajstić information content (AvgIpc) is 2.19. The van der Waals surface area contributed by atoms with Gasteiger partial charge >= 0.3 is 5.97 Å². The zero-order valence-electron chi connectivity index (χ0n) is 9.14. The van der Waals surface area contributed by atoms with Gasteiger partial charge in [-0.05, 0) is 13.0 Å². The first-order valence-corrected chi connectivity index (χ1v) is 6.49. The molecule has 5 nitrogen and oxygen atoms in total. The van der Waals surface area contributed by atoms with Gasteiger partial charge in [0.15, 0.2) is 21.4 Å². The Morgan fingerprint density at radius 2 is 1.94 bits per heavy atom. The molecule has 0 heterocycles. The van der Waals surface area contributed by atoms with Crippen LogP contribution >= 0.6 is 0 Å². The molecule has 7 heteroatoms. The summed E-state index contributed by atoms with van der Waals surface area (Å²) in [6, 6.07) is 2.03. The van der Waals surface area contributed by atoms with Gasteiger partial charge in [-0.3, -0.25) is 4.79 Å². The second-order valence-corrected chi connectivity index (χ2v) is 5.63. The fourth-order valence-electron chi connectivity index (χ4n) is 1.33. The third-order valence-electron chi connectivity index (χ3n) is 2.35. The number of halogens is 1. The highest BCUT2D eigenvalue weighted by molar-refractivity contribution is 7.90. The molecule has 2 N–H and O–H groups in total. The van der Waals surface area contributed by atoms with Crippen molar-refractivity contribution in [3.8, 4) is 5.75 Å². The van der Waals surface area contributed by atoms with Gasteiger partial charge in [-0.2, -0.15) is 0 Å². The van der Waals surface area contributed by atoms with E-state index in [0.29, 0.717) is 0 Å². The van der Waals surface area contributed by atoms with Crippen LogP contribution in [0.15, 0.2) is 17.0 Å². The molecule has 0 aromatic heterocycles. The number of rotatable bonds is 3. The number of aliphatic carboxylic acids is 1. The molecule has 0 fully saturated rings. The summed E-state index contributed by atoms with van der Waals surface area (Å²) >= 11 is 0. The standard InChI is InChI=1S/C10H11FO5S/c1-5(10(13)14)6-3-4-7(17(2,15)16)8(11)9(6)12/h3-5,12H,1-2H3,(H,13,14). The lowest BCUT2D eigenvalue weighted by molar-refractivity contribution is -0.138. The van der Waals surface area contributed by atoms with Crippen molar-refractivity contribution in [2.24, 2.45) is 0 Å². The molecule has 94 valence electrons. The molecular formula is C10H11FO5S. The molecule has 0 bridgehead atoms. The van der Waals surface area contributed by atoms with Gasteiger partial charge in [0.1, 0.15) is 4.90 Å². The molecule has 0 spiro atoms. The number of carbonyl (C=O) groups is 1. The van der Waals surface area contributed by atoms with Crippen LogP contribution in [0.25, 0.3) is 0 Å². The van der Waals surface area contributed by atoms with Crippen LogP contribution in [0.4, 0.5) is 4.39 Å². The maximum Gasteiger partial charge on any atom is 0.310 e. The van der Waals surface area contributed by atoms with Crippen LogP contribution in [0.2, 0.25) is 0 Å². The van der Waals surface area contributed by atoms with Gasteiger partial charge in [0.05, 0.1) is 5.92 Å². The van der Waals surface area contributed by atoms with E-state index in [0.717, 1.165) is 18.4 Å². The molecule has 0 amide bonds. The summed E-state index contributed by atoms with van der Waals surface area (Å²) in [7, 11) is -3.80. The van der Waals surface area contributed by atoms with E-state index in [2.05, 4.69) is 0 Å². The first-order chi connectivity index (χ1) is 7.66. The number of phenolic OH excluding ortho intramolecular Hbond substituents is 1. The number of carboxylic acids is 1. The second kappa shape index (κ2) is 4.33. The van der Waals surface area contributed by atoms with Gasteiger partial charge in [-0.15, -0.1) is 0 Å². The van der Waals surface area contributed by atoms with Gasteiger partial charge in [0, 0.05) is 11.8 Å². The highest BCUT2D eigenvalue weighted by atomic mass is 32.2. The first-order valence-electron chi connectivity index (χ1n) is 4.60. The fourth-order valence-corrected chi connectivity index (χ4v) is 2.07. The number of hydrogen-bond acceptors (Lipinski definition) is 4. The molecule has 0 radical (unpaired) electrons. The summed E-state index contributed by atoms with van der Waals surface area (Å²) in [6.07, 6.45) is 0.797. The van der Waals surface area contributed by atoms with Crippen LogP contribution in [-0.4, -0.2) is 30.9 Å². The minimum Gasteiger partial charge on any atom is -0.505 e. The summed E-state index contributed by atoms with van der Waals surface area (Å²) in [5, 5.41) is 18.2. The van der Waals surface area contributed by atoms with E-state index in [1.165, 1.54) is 6.92 Å². The smallest absolute Gasteiger partial charge is 0.310 e. The molecule has 1 aromatic rings. The summed E-state index contributed by atoms with van der Waals surface area (Å²) in [6.45, 7) is 1.26. The van der Waals surface area contributed by atoms with Gasteiger partial charge in [-0.25, -0.2) is 12.8 Å². The van der Waals surface area contributed by atoms with Gasteiger partial charge in [0.2, 0.25) is 0 Å². The van der Waals surface area contributed by atoms with Gasteiger partial charge in [0.25, 0.3) is 0 Å². The number of phenols is 1. The largest absolute Gasteiger partial charge is 0.505 e. The van der Waals surface area contributed by atoms with E-state index < -0.39 is 38.2 Å². The van der Waals surface area contributed by atoms with Crippen molar-refractivity contribution < 1.29 is 27.8 Å². The Morgan fingerprint density at radius 3 is 2.35 bits per heavy atom. The van der Waals surface area contributed by atoms with Crippen molar-refractivity contribution in [3.63, 3.8) is 0 Å². The van der Waals surface area contributed by atoms with Crippen LogP contribution < -0.4 is 0 Å². The van der Waals surface area contributed by atoms with Crippen molar-refractivity contribution in [2.45, 2.75) is 17.7 Å². The molecule has 1 atom stereocenters. The topological polar surface area (TPSA) is 91.7 Å². The van der Waals surface area contributed by atoms with E-state index in [9.17, 15) is 22.7 Å². The molecule has 0 saturated heterocycles. The predicted octanol–water partition coefficient (Wildman–Crippen LogP) is 1.12. The first kappa shape index (κ1) is 13.4. The monoisotopic (exact) mass is 262 g/mol. The Bertz CT molecular complexity index is 564. The number of aromatic hydroxyl groups is 1. The lowest BCUT2D eigenvalue weighted by atomic mass is 10.0. The van der Waals surface area contributed by atoms with Crippen molar-refractivity contribution in [3.05, 3.63) is 23.5 Å². The Balaban J connectivity index is 3.45. The molecule has 0 aliphatic carbocycles. The number of hydrogen-bond donors (Lipinski definition) is 2. The lowest BCUT2D eigenvalue weighted by Gasteiger charge is -2.11. The van der Waals surface area contributed by atoms with E-state index in [4.69, 9.17) is 5.11 Å². The maximum atomic E-state index is 13.6. The Morgan fingerprint density at radius 1 is 1.41 bits per heavy atom. The molecular weight excluding hydrogens is 251 g/mol. The van der Waals surface area contributed by atoms with Crippen LogP contribution in [-0.2, 0) is 14.6 Å². The van der Waals surface area contributed by atoms with E-state index in [1.54, 1.807) is 0 Å². The van der Waals surface area contributed by atoms with Gasteiger partial charge in [-0.1, -0.05) is 6.07 Å². The van der Waals surface area contributed by atoms with Crippen LogP contribution in [0.5, 0.6) is 5.75 Å². The van der Waals surface area contributed by atoms with Gasteiger partial charge < -0.3 is 10.2 Å². The molecule has 1 aromatic carbocycles. The van der Waals surface area contributed by atoms with Crippen molar-refractivity contribution in [1.82, 2.24) is 0 Å². The SMILES string of the molecule is CC(C(=O)O)c1ccc(S(C)(=O)=O)c(F)c1O. The van der Waals surface area contributed by atoms with Crippen molar-refractivity contribution in [2.75, 3.05) is 6.26 Å². The normalized spacial score (nSPS) is 13.4. The third-order valence-corrected chi connectivity index (χ3v) is 3.46. The van der Waals surface area contributed by atoms with Crippen LogP contribution in [0, 0.1) is 5.82 Å². The quantitative estimate of drug-likeness (QED) is 0.851. The zero-order chi connectivity index (χ0) is 13.4. The minimum atomic E-state index is -3.80. The fraction of sp³-hybridized carbons (Fsp3) is 0.300. The van der Waals surface area contributed by atoms with Crippen molar-refractivity contribution >= 4 is 15.8 Å². The minimum absolute atomic E-state index is 0.164. The molecule has 0 saturated carbocycles. The average molecular weight is 262 g/mol. The number of sulfone groups is 1. The Hall–Kier alpha value is -1.63. The lowest BCUT2D eigenvalue weighted by Crippen LogP contribution is -2.10. The number of carboxylic acid groups (broad SMARTS) is 1. The summed E-state index contributed by atoms with van der Waals surface area (Å²) in [5.41, 5.74) is -0.164. The van der Waals surface area contributed by atoms with Crippen molar-refractivity contribution in [1.29, 1.82) is 0 Å². The van der Waals surface area contributed by atoms with E-state index in [-0.39, 0.29) is 5.56 Å². The second-order valence-electron chi connectivity index (χ2n) is 3.65. The van der Waals surface area contributed by atoms with Crippen LogP contribution in [0.3, 0.4) is 0 Å². The summed E-state index contributed by atoms with van der Waals surface area (Å²) < 4.78 is 35.9. The Kier molecular flexibility index (Phi) is 3.42. The molecule has 1 rings (SSSR count). The third kappa shape index (κ3) is 2.55. The maximum absolute atomic E-state index is 13.6. The molecule has 0 aliphatic rings. The Labute approximate surface area is 97.4 Å². The van der Waals surface area contributed by atoms with Crippen LogP contribution in [0.1, 0.15) is 18.4 Å². The predicted molar refractivity (Wildman–Crippen MR) is 57.2 cm³/mol.